The van der Waals surface area contributed by atoms with Crippen molar-refractivity contribution in [1.29, 1.82) is 10.5 Å². The van der Waals surface area contributed by atoms with Crippen LogP contribution < -0.4 is 10.6 Å². The number of rotatable bonds is 12. The molecule has 4 N–H and O–H groups in total. The highest BCUT2D eigenvalue weighted by Crippen LogP contribution is 2.10. The van der Waals surface area contributed by atoms with Gasteiger partial charge in [-0.25, -0.2) is 0 Å². The summed E-state index contributed by atoms with van der Waals surface area (Å²) in [6, 6.07) is 1.96. The van der Waals surface area contributed by atoms with Crippen LogP contribution in [0.25, 0.3) is 0 Å². The number of azo groups is 1. The fourth-order valence-electron chi connectivity index (χ4n) is 1.93. The van der Waals surface area contributed by atoms with E-state index in [0.717, 1.165) is 0 Å². The van der Waals surface area contributed by atoms with Gasteiger partial charge in [0.1, 0.15) is 12.2 Å². The van der Waals surface area contributed by atoms with Gasteiger partial charge < -0.3 is 20.8 Å². The number of aliphatic hydroxyl groups is 2. The molecule has 0 aliphatic rings. The van der Waals surface area contributed by atoms with Crippen LogP contribution in [-0.2, 0) is 9.59 Å². The van der Waals surface area contributed by atoms with E-state index in [2.05, 4.69) is 20.9 Å². The molecule has 26 heavy (non-hydrogen) atoms. The Morgan fingerprint density at radius 1 is 0.846 bits per heavy atom. The van der Waals surface area contributed by atoms with E-state index in [0.29, 0.717) is 13.1 Å². The molecular weight excluding hydrogens is 340 g/mol. The van der Waals surface area contributed by atoms with Gasteiger partial charge in [-0.3, -0.25) is 9.59 Å². The van der Waals surface area contributed by atoms with E-state index in [1.54, 1.807) is 13.8 Å². The Morgan fingerprint density at radius 3 is 1.46 bits per heavy atom. The van der Waals surface area contributed by atoms with Crippen LogP contribution in [0.2, 0.25) is 0 Å². The SMILES string of the molecule is CCNC(=O)C(O)CCC(C#N)N=NC(C#N)CCC(O)C(=O)NCC. The van der Waals surface area contributed by atoms with Crippen molar-refractivity contribution in [3.05, 3.63) is 0 Å². The van der Waals surface area contributed by atoms with Gasteiger partial charge in [-0.2, -0.15) is 20.8 Å². The van der Waals surface area contributed by atoms with Gasteiger partial charge in [0.05, 0.1) is 12.1 Å². The van der Waals surface area contributed by atoms with Crippen LogP contribution in [-0.4, -0.2) is 59.4 Å². The Balaban J connectivity index is 4.47. The molecule has 0 saturated carbocycles. The second-order valence-corrected chi connectivity index (χ2v) is 5.50. The van der Waals surface area contributed by atoms with Crippen molar-refractivity contribution in [3.8, 4) is 12.1 Å². The maximum Gasteiger partial charge on any atom is 0.248 e. The van der Waals surface area contributed by atoms with E-state index in [1.807, 2.05) is 12.1 Å². The number of aliphatic hydroxyl groups excluding tert-OH is 2. The van der Waals surface area contributed by atoms with Gasteiger partial charge in [-0.1, -0.05) is 0 Å². The molecule has 10 heteroatoms. The quantitative estimate of drug-likeness (QED) is 0.348. The molecule has 0 heterocycles. The molecule has 0 rings (SSSR count). The van der Waals surface area contributed by atoms with Crippen molar-refractivity contribution in [1.82, 2.24) is 10.6 Å². The number of carbonyl (C=O) groups excluding carboxylic acids is 2. The van der Waals surface area contributed by atoms with E-state index >= 15 is 0 Å². The van der Waals surface area contributed by atoms with Crippen LogP contribution in [0, 0.1) is 22.7 Å². The summed E-state index contributed by atoms with van der Waals surface area (Å²) in [4.78, 5) is 22.8. The maximum atomic E-state index is 11.4. The Hall–Kier alpha value is -2.56. The number of amides is 2. The average molecular weight is 366 g/mol. The molecule has 4 atom stereocenters. The first-order valence-corrected chi connectivity index (χ1v) is 8.50. The van der Waals surface area contributed by atoms with Crippen LogP contribution >= 0.6 is 0 Å². The summed E-state index contributed by atoms with van der Waals surface area (Å²) in [5.74, 6) is -1.04. The van der Waals surface area contributed by atoms with Gasteiger partial charge in [0.2, 0.25) is 11.8 Å². The zero-order valence-corrected chi connectivity index (χ0v) is 15.1. The third-order valence-electron chi connectivity index (χ3n) is 3.38. The molecule has 0 saturated heterocycles. The molecule has 0 radical (unpaired) electrons. The Labute approximate surface area is 152 Å². The van der Waals surface area contributed by atoms with Crippen LogP contribution in [0.4, 0.5) is 0 Å². The van der Waals surface area contributed by atoms with E-state index in [9.17, 15) is 19.8 Å². The molecule has 0 aromatic carbocycles. The summed E-state index contributed by atoms with van der Waals surface area (Å²) in [6.07, 6.45) is -2.18. The predicted octanol–water partition coefficient (Wildman–Crippen LogP) is -0.223. The lowest BCUT2D eigenvalue weighted by atomic mass is 10.1. The largest absolute Gasteiger partial charge is 0.383 e. The fourth-order valence-corrected chi connectivity index (χ4v) is 1.93. The van der Waals surface area contributed by atoms with Crippen LogP contribution in [0.3, 0.4) is 0 Å². The van der Waals surface area contributed by atoms with Crippen molar-refractivity contribution >= 4 is 11.8 Å². The molecule has 0 aliphatic carbocycles. The highest BCUT2D eigenvalue weighted by molar-refractivity contribution is 5.80. The Kier molecular flexibility index (Phi) is 12.4. The summed E-state index contributed by atoms with van der Waals surface area (Å²) in [6.45, 7) is 4.23. The minimum Gasteiger partial charge on any atom is -0.383 e. The van der Waals surface area contributed by atoms with E-state index in [1.165, 1.54) is 0 Å². The number of carbonyl (C=O) groups is 2. The molecule has 0 fully saturated rings. The topological polar surface area (TPSA) is 171 Å². The molecule has 0 aromatic heterocycles. The number of nitriles is 2. The standard InChI is InChI=1S/C16H26N6O4/c1-3-19-15(25)13(23)7-5-11(9-17)21-22-12(10-18)6-8-14(24)16(26)20-4-2/h11-14,23-24H,3-8H2,1-2H3,(H,19,25)(H,20,26). The van der Waals surface area contributed by atoms with E-state index < -0.39 is 36.1 Å². The summed E-state index contributed by atoms with van der Waals surface area (Å²) >= 11 is 0. The molecule has 2 amide bonds. The Bertz CT molecular complexity index is 506. The number of nitrogens with one attached hydrogen (secondary N) is 2. The van der Waals surface area contributed by atoms with Gasteiger partial charge in [0.15, 0.2) is 12.1 Å². The molecule has 4 unspecified atom stereocenters. The smallest absolute Gasteiger partial charge is 0.248 e. The Morgan fingerprint density at radius 2 is 1.19 bits per heavy atom. The lowest BCUT2D eigenvalue weighted by Crippen LogP contribution is -2.34. The third-order valence-corrected chi connectivity index (χ3v) is 3.38. The summed E-state index contributed by atoms with van der Waals surface area (Å²) in [5, 5.41) is 49.9. The minimum atomic E-state index is -1.24. The van der Waals surface area contributed by atoms with E-state index in [-0.39, 0.29) is 25.7 Å². The maximum absolute atomic E-state index is 11.4. The first kappa shape index (κ1) is 23.4. The zero-order valence-electron chi connectivity index (χ0n) is 15.1. The highest BCUT2D eigenvalue weighted by atomic mass is 16.3. The minimum absolute atomic E-state index is 0.0379. The van der Waals surface area contributed by atoms with Crippen molar-refractivity contribution in [2.45, 2.75) is 63.8 Å². The van der Waals surface area contributed by atoms with Gasteiger partial charge in [-0.05, 0) is 39.5 Å². The lowest BCUT2D eigenvalue weighted by molar-refractivity contribution is -0.130. The van der Waals surface area contributed by atoms with Crippen molar-refractivity contribution in [3.63, 3.8) is 0 Å². The number of nitrogens with zero attached hydrogens (tertiary/aromatic N) is 4. The fraction of sp³-hybridized carbons (Fsp3) is 0.750. The molecule has 0 spiro atoms. The molecule has 144 valence electrons. The average Bonchev–Trinajstić information content (AvgIpc) is 2.63. The first-order valence-electron chi connectivity index (χ1n) is 8.50. The van der Waals surface area contributed by atoms with Crippen LogP contribution in [0.5, 0.6) is 0 Å². The zero-order chi connectivity index (χ0) is 19.9. The van der Waals surface area contributed by atoms with Crippen molar-refractivity contribution in [2.75, 3.05) is 13.1 Å². The second-order valence-electron chi connectivity index (χ2n) is 5.50. The number of likely N-dealkylation sites (N-methyl/N-ethyl adjacent to an activating group) is 2. The summed E-state index contributed by atoms with van der Waals surface area (Å²) in [7, 11) is 0. The second kappa shape index (κ2) is 13.7. The van der Waals surface area contributed by atoms with E-state index in [4.69, 9.17) is 10.5 Å². The monoisotopic (exact) mass is 366 g/mol. The highest BCUT2D eigenvalue weighted by Gasteiger charge is 2.19. The number of hydrogen-bond donors (Lipinski definition) is 4. The third kappa shape index (κ3) is 9.67. The normalized spacial score (nSPS) is 15.3. The summed E-state index contributed by atoms with van der Waals surface area (Å²) in [5.41, 5.74) is 0. The lowest BCUT2D eigenvalue weighted by Gasteiger charge is -2.11. The molecule has 10 nitrogen and oxygen atoms in total. The van der Waals surface area contributed by atoms with Gasteiger partial charge in [-0.15, -0.1) is 0 Å². The predicted molar refractivity (Wildman–Crippen MR) is 91.5 cm³/mol. The van der Waals surface area contributed by atoms with Crippen LogP contribution in [0.15, 0.2) is 10.2 Å². The molecule has 0 aliphatic heterocycles. The van der Waals surface area contributed by atoms with Gasteiger partial charge >= 0.3 is 0 Å². The van der Waals surface area contributed by atoms with Crippen molar-refractivity contribution in [2.24, 2.45) is 10.2 Å². The van der Waals surface area contributed by atoms with Gasteiger partial charge in [0, 0.05) is 13.1 Å². The first-order chi connectivity index (χ1) is 12.4. The molecular formula is C16H26N6O4. The van der Waals surface area contributed by atoms with Gasteiger partial charge in [0.25, 0.3) is 0 Å². The van der Waals surface area contributed by atoms with Crippen molar-refractivity contribution < 1.29 is 19.8 Å². The van der Waals surface area contributed by atoms with Crippen LogP contribution in [0.1, 0.15) is 39.5 Å². The number of hydrogen-bond acceptors (Lipinski definition) is 8. The summed E-state index contributed by atoms with van der Waals surface area (Å²) < 4.78 is 0. The molecule has 0 aromatic rings. The molecule has 0 bridgehead atoms.